The number of nitrogens with zero attached hydrogens (tertiary/aromatic N) is 1. The van der Waals surface area contributed by atoms with E-state index in [9.17, 15) is 16.8 Å². The quantitative estimate of drug-likeness (QED) is 0.602. The van der Waals surface area contributed by atoms with Crippen LogP contribution in [0, 0.1) is 5.41 Å². The Kier molecular flexibility index (Phi) is 7.60. The van der Waals surface area contributed by atoms with E-state index >= 15 is 0 Å². The molecule has 2 aliphatic heterocycles. The molecule has 1 spiro atoms. The summed E-state index contributed by atoms with van der Waals surface area (Å²) in [5, 5.41) is 3.48. The summed E-state index contributed by atoms with van der Waals surface area (Å²) in [6, 6.07) is 4.72. The first kappa shape index (κ1) is 25.1. The van der Waals surface area contributed by atoms with E-state index in [2.05, 4.69) is 5.32 Å². The topological polar surface area (TPSA) is 92.8 Å². The monoisotopic (exact) mass is 510 g/mol. The maximum Gasteiger partial charge on any atom is 0.245 e. The second-order valence-corrected chi connectivity index (χ2v) is 14.8. The fourth-order valence-corrected chi connectivity index (χ4v) is 8.89. The van der Waals surface area contributed by atoms with Crippen LogP contribution in [-0.4, -0.2) is 76.5 Å². The zero-order valence-electron chi connectivity index (χ0n) is 18.2. The fraction of sp³-hybridized carbons (Fsp3) is 0.700. The van der Waals surface area contributed by atoms with Gasteiger partial charge in [0, 0.05) is 36.7 Å². The van der Waals surface area contributed by atoms with E-state index in [-0.39, 0.29) is 16.2 Å². The minimum absolute atomic E-state index is 0.00771. The van der Waals surface area contributed by atoms with E-state index in [0.717, 1.165) is 17.9 Å². The zero-order chi connectivity index (χ0) is 22.9. The third-order valence-electron chi connectivity index (χ3n) is 5.60. The first-order chi connectivity index (χ1) is 14.3. The number of sulfone groups is 1. The average molecular weight is 511 g/mol. The molecule has 2 aliphatic rings. The summed E-state index contributed by atoms with van der Waals surface area (Å²) in [5.41, 5.74) is -0.376. The number of nitrogens with one attached hydrogen (secondary N) is 1. The van der Waals surface area contributed by atoms with Gasteiger partial charge in [0.15, 0.2) is 0 Å². The Balaban J connectivity index is 1.81. The lowest BCUT2D eigenvalue weighted by atomic mass is 9.96. The van der Waals surface area contributed by atoms with Crippen LogP contribution in [0.3, 0.4) is 0 Å². The van der Waals surface area contributed by atoms with Crippen molar-refractivity contribution in [3.05, 3.63) is 23.2 Å². The van der Waals surface area contributed by atoms with Crippen LogP contribution in [0.2, 0.25) is 5.02 Å². The number of ether oxygens (including phenoxy) is 1. The predicted octanol–water partition coefficient (Wildman–Crippen LogP) is 3.11. The van der Waals surface area contributed by atoms with Crippen LogP contribution in [0.25, 0.3) is 0 Å². The molecule has 1 atom stereocenters. The molecule has 0 bridgehead atoms. The van der Waals surface area contributed by atoms with E-state index in [4.69, 9.17) is 16.3 Å². The lowest BCUT2D eigenvalue weighted by Crippen LogP contribution is -2.36. The van der Waals surface area contributed by atoms with E-state index in [1.807, 2.05) is 25.6 Å². The number of thioether (sulfide) groups is 1. The Morgan fingerprint density at radius 2 is 1.97 bits per heavy atom. The smallest absolute Gasteiger partial charge is 0.245 e. The molecule has 1 unspecified atom stereocenters. The van der Waals surface area contributed by atoms with Crippen molar-refractivity contribution in [1.82, 2.24) is 4.31 Å². The highest BCUT2D eigenvalue weighted by Gasteiger charge is 2.40. The molecule has 0 amide bonds. The Morgan fingerprint density at radius 1 is 1.23 bits per heavy atom. The van der Waals surface area contributed by atoms with Crippen LogP contribution in [0.15, 0.2) is 23.1 Å². The third-order valence-corrected chi connectivity index (χ3v) is 10.3. The van der Waals surface area contributed by atoms with Gasteiger partial charge in [-0.25, -0.2) is 16.8 Å². The minimum atomic E-state index is -3.81. The van der Waals surface area contributed by atoms with Crippen LogP contribution >= 0.6 is 23.4 Å². The van der Waals surface area contributed by atoms with Gasteiger partial charge in [-0.05, 0) is 42.2 Å². The van der Waals surface area contributed by atoms with Crippen molar-refractivity contribution in [3.8, 4) is 0 Å². The van der Waals surface area contributed by atoms with Crippen LogP contribution < -0.4 is 5.32 Å². The van der Waals surface area contributed by atoms with Gasteiger partial charge in [-0.2, -0.15) is 16.1 Å². The molecule has 1 N–H and O–H groups in total. The number of hydrogen-bond acceptors (Lipinski definition) is 7. The maximum atomic E-state index is 13.5. The number of rotatable bonds is 7. The minimum Gasteiger partial charge on any atom is -0.383 e. The van der Waals surface area contributed by atoms with Gasteiger partial charge < -0.3 is 10.1 Å². The molecule has 176 valence electrons. The molecule has 2 saturated heterocycles. The molecule has 1 aromatic rings. The van der Waals surface area contributed by atoms with Crippen molar-refractivity contribution in [3.63, 3.8) is 0 Å². The van der Waals surface area contributed by atoms with Crippen molar-refractivity contribution >= 4 is 48.9 Å². The van der Waals surface area contributed by atoms with Gasteiger partial charge in [-0.15, -0.1) is 0 Å². The molecule has 31 heavy (non-hydrogen) atoms. The van der Waals surface area contributed by atoms with Gasteiger partial charge in [-0.1, -0.05) is 25.4 Å². The fourth-order valence-electron chi connectivity index (χ4n) is 4.11. The summed E-state index contributed by atoms with van der Waals surface area (Å²) < 4.78 is 58.1. The molecule has 7 nitrogen and oxygen atoms in total. The highest BCUT2D eigenvalue weighted by molar-refractivity contribution is 7.99. The number of halogens is 1. The summed E-state index contributed by atoms with van der Waals surface area (Å²) >= 11 is 8.00. The summed E-state index contributed by atoms with van der Waals surface area (Å²) in [6.07, 6.45) is 2.82. The molecule has 2 heterocycles. The van der Waals surface area contributed by atoms with Crippen molar-refractivity contribution in [2.45, 2.75) is 37.2 Å². The van der Waals surface area contributed by atoms with Crippen LogP contribution in [0.4, 0.5) is 5.69 Å². The van der Waals surface area contributed by atoms with Gasteiger partial charge >= 0.3 is 0 Å². The molecule has 11 heteroatoms. The first-order valence-electron chi connectivity index (χ1n) is 10.3. The van der Waals surface area contributed by atoms with Gasteiger partial charge in [-0.3, -0.25) is 0 Å². The van der Waals surface area contributed by atoms with Crippen molar-refractivity contribution in [2.24, 2.45) is 5.41 Å². The van der Waals surface area contributed by atoms with Crippen molar-refractivity contribution in [1.29, 1.82) is 0 Å². The summed E-state index contributed by atoms with van der Waals surface area (Å²) in [4.78, 5) is 0.104. The Bertz CT molecular complexity index is 1010. The summed E-state index contributed by atoms with van der Waals surface area (Å²) in [7, 11) is -6.97. The number of sulfonamides is 1. The standard InChI is InChI=1S/C20H31ClN2O5S3/c1-19(2,15-30(3,24)25)13-22-17-5-4-16(21)12-18(17)31(26,27)23-8-6-20(28-10-9-23)7-11-29-14-20/h4-5,12,22H,6-11,13-15H2,1-3H3. The normalized spacial score (nSPS) is 23.7. The lowest BCUT2D eigenvalue weighted by Gasteiger charge is -2.27. The number of anilines is 1. The number of benzene rings is 1. The van der Waals surface area contributed by atoms with Crippen molar-refractivity contribution in [2.75, 3.05) is 55.1 Å². The average Bonchev–Trinajstić information content (AvgIpc) is 2.98. The van der Waals surface area contributed by atoms with E-state index in [1.54, 1.807) is 12.1 Å². The summed E-state index contributed by atoms with van der Waals surface area (Å²) in [5.74, 6) is 1.94. The molecular weight excluding hydrogens is 480 g/mol. The molecule has 3 rings (SSSR count). The molecular formula is C20H31ClN2O5S3. The number of hydrogen-bond donors (Lipinski definition) is 1. The predicted molar refractivity (Wildman–Crippen MR) is 127 cm³/mol. The van der Waals surface area contributed by atoms with Crippen LogP contribution in [0.1, 0.15) is 26.7 Å². The van der Waals surface area contributed by atoms with Gasteiger partial charge in [0.1, 0.15) is 14.7 Å². The van der Waals surface area contributed by atoms with E-state index in [1.165, 1.54) is 16.6 Å². The highest BCUT2D eigenvalue weighted by Crippen LogP contribution is 2.37. The van der Waals surface area contributed by atoms with Crippen molar-refractivity contribution < 1.29 is 21.6 Å². The Morgan fingerprint density at radius 3 is 2.61 bits per heavy atom. The van der Waals surface area contributed by atoms with E-state index in [0.29, 0.717) is 43.4 Å². The van der Waals surface area contributed by atoms with Crippen LogP contribution in [-0.2, 0) is 24.6 Å². The van der Waals surface area contributed by atoms with Gasteiger partial charge in [0.2, 0.25) is 10.0 Å². The molecule has 0 aliphatic carbocycles. The van der Waals surface area contributed by atoms with Gasteiger partial charge in [0.25, 0.3) is 0 Å². The Hall–Kier alpha value is -0.520. The first-order valence-corrected chi connectivity index (χ1v) is 15.3. The molecule has 0 radical (unpaired) electrons. The highest BCUT2D eigenvalue weighted by atomic mass is 35.5. The van der Waals surface area contributed by atoms with Crippen LogP contribution in [0.5, 0.6) is 0 Å². The lowest BCUT2D eigenvalue weighted by molar-refractivity contribution is -0.0168. The third kappa shape index (κ3) is 6.51. The molecule has 0 saturated carbocycles. The van der Waals surface area contributed by atoms with E-state index < -0.39 is 25.3 Å². The second-order valence-electron chi connectivity index (χ2n) is 9.22. The maximum absolute atomic E-state index is 13.5. The SMILES string of the molecule is CC(C)(CNc1ccc(Cl)cc1S(=O)(=O)N1CCOC2(CCSC2)CC1)CS(C)(=O)=O. The largest absolute Gasteiger partial charge is 0.383 e. The van der Waals surface area contributed by atoms with Gasteiger partial charge in [0.05, 0.1) is 23.6 Å². The zero-order valence-corrected chi connectivity index (χ0v) is 21.4. The molecule has 2 fully saturated rings. The summed E-state index contributed by atoms with van der Waals surface area (Å²) in [6.45, 7) is 5.01. The molecule has 0 aromatic heterocycles. The second kappa shape index (κ2) is 9.38. The Labute approximate surface area is 195 Å². The molecule has 1 aromatic carbocycles.